The van der Waals surface area contributed by atoms with E-state index in [2.05, 4.69) is 0 Å². The van der Waals surface area contributed by atoms with E-state index < -0.39 is 74.5 Å². The predicted molar refractivity (Wildman–Crippen MR) is 72.6 cm³/mol. The molecule has 0 unspecified atom stereocenters. The van der Waals surface area contributed by atoms with Crippen molar-refractivity contribution in [1.82, 2.24) is 0 Å². The van der Waals surface area contributed by atoms with E-state index in [1.807, 2.05) is 0 Å². The minimum Gasteiger partial charge on any atom is -0.394 e. The van der Waals surface area contributed by atoms with Crippen molar-refractivity contribution < 1.29 is 44.8 Å². The molecule has 0 bridgehead atoms. The van der Waals surface area contributed by atoms with Crippen LogP contribution in [-0.4, -0.2) is 105 Å². The van der Waals surface area contributed by atoms with Gasteiger partial charge in [0.15, 0.2) is 12.6 Å². The number of rotatable bonds is 4. The van der Waals surface area contributed by atoms with Crippen LogP contribution in [-0.2, 0) is 14.2 Å². The van der Waals surface area contributed by atoms with Gasteiger partial charge in [-0.15, -0.1) is 0 Å². The Bertz CT molecular complexity index is 352. The van der Waals surface area contributed by atoms with E-state index in [4.69, 9.17) is 35.9 Å². The highest BCUT2D eigenvalue weighted by Crippen LogP contribution is 2.26. The summed E-state index contributed by atoms with van der Waals surface area (Å²) in [6, 6.07) is -2.33. The topological polar surface area (TPSA) is 201 Å². The molecule has 0 amide bonds. The van der Waals surface area contributed by atoms with Crippen LogP contribution in [0.3, 0.4) is 0 Å². The Morgan fingerprint density at radius 2 is 1.04 bits per heavy atom. The summed E-state index contributed by atoms with van der Waals surface area (Å²) in [5.41, 5.74) is 11.4. The Balaban J connectivity index is 2.07. The third-order valence-corrected chi connectivity index (χ3v) is 4.12. The number of nitrogens with two attached hydrogens (primary N) is 2. The molecule has 0 spiro atoms. The minimum atomic E-state index is -1.42. The van der Waals surface area contributed by atoms with Crippen LogP contribution in [0.4, 0.5) is 0 Å². The number of hydrogen-bond donors (Lipinski definition) is 8. The predicted octanol–water partition coefficient (Wildman–Crippen LogP) is -5.46. The van der Waals surface area contributed by atoms with Crippen LogP contribution in [0.15, 0.2) is 0 Å². The van der Waals surface area contributed by atoms with Crippen molar-refractivity contribution in [3.05, 3.63) is 0 Å². The smallest absolute Gasteiger partial charge is 0.179 e. The summed E-state index contributed by atoms with van der Waals surface area (Å²) in [4.78, 5) is 0. The molecule has 2 fully saturated rings. The Morgan fingerprint density at radius 1 is 0.696 bits per heavy atom. The number of hydrogen-bond acceptors (Lipinski definition) is 11. The fourth-order valence-corrected chi connectivity index (χ4v) is 2.58. The van der Waals surface area contributed by atoms with Crippen LogP contribution in [0.2, 0.25) is 0 Å². The third-order valence-electron chi connectivity index (χ3n) is 4.12. The first-order valence-corrected chi connectivity index (χ1v) is 7.23. The average molecular weight is 340 g/mol. The zero-order valence-electron chi connectivity index (χ0n) is 12.3. The van der Waals surface area contributed by atoms with E-state index >= 15 is 0 Å². The van der Waals surface area contributed by atoms with Gasteiger partial charge in [-0.05, 0) is 0 Å². The zero-order chi connectivity index (χ0) is 17.3. The molecule has 11 nitrogen and oxygen atoms in total. The molecule has 0 aromatic carbocycles. The molecular formula is C12H24N2O9. The molecule has 0 saturated carbocycles. The lowest BCUT2D eigenvalue weighted by atomic mass is 9.96. The molecule has 0 aliphatic carbocycles. The highest BCUT2D eigenvalue weighted by molar-refractivity contribution is 4.94. The van der Waals surface area contributed by atoms with Gasteiger partial charge in [0.25, 0.3) is 0 Å². The summed E-state index contributed by atoms with van der Waals surface area (Å²) in [7, 11) is 0. The molecular weight excluding hydrogens is 316 g/mol. The van der Waals surface area contributed by atoms with E-state index in [0.717, 1.165) is 0 Å². The van der Waals surface area contributed by atoms with Crippen molar-refractivity contribution >= 4 is 0 Å². The maximum atomic E-state index is 9.86. The second-order valence-corrected chi connectivity index (χ2v) is 5.70. The summed E-state index contributed by atoms with van der Waals surface area (Å²) in [5, 5.41) is 57.4. The maximum absolute atomic E-state index is 9.86. The SMILES string of the molecule is N[C@H]1[C@H](O[C@@H]2O[C@H](CO)[C@@H](O)[C@H](O)[C@H]2N)O[C@H](CO)[C@@H](O)[C@@H]1O. The van der Waals surface area contributed by atoms with Crippen LogP contribution >= 0.6 is 0 Å². The third kappa shape index (κ3) is 3.65. The first kappa shape index (κ1) is 18.9. The zero-order valence-corrected chi connectivity index (χ0v) is 12.3. The first-order valence-electron chi connectivity index (χ1n) is 7.23. The standard InChI is InChI=1S/C12H24N2O9/c13-5-9(19)7(17)3(1-15)21-11(5)23-12-6(14)10(20)8(18)4(2-16)22-12/h3-12,15-20H,1-2,13-14H2/t3-,4-,5-,6-,7-,8-,9-,10-,11+,12+/m1/s1. The molecule has 136 valence electrons. The van der Waals surface area contributed by atoms with Gasteiger partial charge in [-0.3, -0.25) is 0 Å². The summed E-state index contributed by atoms with van der Waals surface area (Å²) in [5.74, 6) is 0. The van der Waals surface area contributed by atoms with Crippen molar-refractivity contribution in [2.75, 3.05) is 13.2 Å². The Morgan fingerprint density at radius 3 is 1.35 bits per heavy atom. The summed E-state index contributed by atoms with van der Waals surface area (Å²) < 4.78 is 15.9. The Kier molecular flexibility index (Phi) is 6.27. The number of ether oxygens (including phenoxy) is 3. The monoisotopic (exact) mass is 340 g/mol. The molecule has 10 N–H and O–H groups in total. The van der Waals surface area contributed by atoms with Crippen LogP contribution in [0.1, 0.15) is 0 Å². The van der Waals surface area contributed by atoms with Gasteiger partial charge in [0.2, 0.25) is 0 Å². The number of aliphatic hydroxyl groups excluding tert-OH is 6. The fourth-order valence-electron chi connectivity index (χ4n) is 2.58. The van der Waals surface area contributed by atoms with Crippen LogP contribution < -0.4 is 11.5 Å². The van der Waals surface area contributed by atoms with Gasteiger partial charge in [0.05, 0.1) is 25.3 Å². The van der Waals surface area contributed by atoms with Crippen molar-refractivity contribution in [3.8, 4) is 0 Å². The van der Waals surface area contributed by atoms with Crippen LogP contribution in [0, 0.1) is 0 Å². The van der Waals surface area contributed by atoms with Crippen molar-refractivity contribution in [2.24, 2.45) is 11.5 Å². The molecule has 2 aliphatic heterocycles. The molecule has 23 heavy (non-hydrogen) atoms. The van der Waals surface area contributed by atoms with E-state index in [-0.39, 0.29) is 0 Å². The molecule has 2 saturated heterocycles. The van der Waals surface area contributed by atoms with Gasteiger partial charge in [-0.1, -0.05) is 0 Å². The van der Waals surface area contributed by atoms with Crippen molar-refractivity contribution in [2.45, 2.75) is 61.3 Å². The molecule has 2 rings (SSSR count). The first-order chi connectivity index (χ1) is 10.8. The van der Waals surface area contributed by atoms with E-state index in [0.29, 0.717) is 0 Å². The van der Waals surface area contributed by atoms with Gasteiger partial charge < -0.3 is 56.3 Å². The molecule has 10 atom stereocenters. The molecule has 2 heterocycles. The van der Waals surface area contributed by atoms with E-state index in [9.17, 15) is 20.4 Å². The molecule has 2 aliphatic rings. The maximum Gasteiger partial charge on any atom is 0.179 e. The van der Waals surface area contributed by atoms with Crippen molar-refractivity contribution in [1.29, 1.82) is 0 Å². The summed E-state index contributed by atoms with van der Waals surface area (Å²) in [6.45, 7) is -1.16. The van der Waals surface area contributed by atoms with Gasteiger partial charge >= 0.3 is 0 Å². The largest absolute Gasteiger partial charge is 0.394 e. The summed E-state index contributed by atoms with van der Waals surface area (Å²) in [6.07, 6.45) is -10.5. The number of aliphatic hydroxyl groups is 6. The molecule has 0 radical (unpaired) electrons. The van der Waals surface area contributed by atoms with Gasteiger partial charge in [0.1, 0.15) is 36.6 Å². The second kappa shape index (κ2) is 7.63. The lowest BCUT2D eigenvalue weighted by molar-refractivity contribution is -0.342. The van der Waals surface area contributed by atoms with E-state index in [1.165, 1.54) is 0 Å². The normalized spacial score (nSPS) is 51.7. The Labute approximate surface area is 132 Å². The Hall–Kier alpha value is -0.440. The van der Waals surface area contributed by atoms with Gasteiger partial charge in [-0.25, -0.2) is 0 Å². The average Bonchev–Trinajstić information content (AvgIpc) is 2.55. The molecule has 0 aromatic heterocycles. The summed E-state index contributed by atoms with van der Waals surface area (Å²) >= 11 is 0. The van der Waals surface area contributed by atoms with Crippen LogP contribution in [0.5, 0.6) is 0 Å². The second-order valence-electron chi connectivity index (χ2n) is 5.70. The van der Waals surface area contributed by atoms with Gasteiger partial charge in [-0.2, -0.15) is 0 Å². The fraction of sp³-hybridized carbons (Fsp3) is 1.00. The quantitative estimate of drug-likeness (QED) is 0.242. The lowest BCUT2D eigenvalue weighted by Crippen LogP contribution is -2.67. The van der Waals surface area contributed by atoms with Gasteiger partial charge in [0, 0.05) is 0 Å². The lowest BCUT2D eigenvalue weighted by Gasteiger charge is -2.45. The minimum absolute atomic E-state index is 0.580. The van der Waals surface area contributed by atoms with Crippen LogP contribution in [0.25, 0.3) is 0 Å². The molecule has 0 aromatic rings. The highest BCUT2D eigenvalue weighted by Gasteiger charge is 2.48. The highest BCUT2D eigenvalue weighted by atomic mass is 16.8. The van der Waals surface area contributed by atoms with E-state index in [1.54, 1.807) is 0 Å². The van der Waals surface area contributed by atoms with Crippen molar-refractivity contribution in [3.63, 3.8) is 0 Å². The molecule has 11 heteroatoms.